The molecular formula is C10H10F3NO3S. The van der Waals surface area contributed by atoms with E-state index in [1.807, 2.05) is 0 Å². The van der Waals surface area contributed by atoms with Gasteiger partial charge in [-0.2, -0.15) is 30.9 Å². The highest BCUT2D eigenvalue weighted by Crippen LogP contribution is 2.47. The number of alkyl halides is 3. The van der Waals surface area contributed by atoms with Crippen LogP contribution in [0.1, 0.15) is 6.92 Å². The summed E-state index contributed by atoms with van der Waals surface area (Å²) in [6.45, 7) is 0.385. The minimum Gasteiger partial charge on any atom is -0.192 e. The SMILES string of the molecule is CC1(C(F)(F)F)CN1OS(=O)(=O)c1ccccc1. The Morgan fingerprint density at radius 2 is 1.83 bits per heavy atom. The molecule has 1 heterocycles. The molecule has 2 unspecified atom stereocenters. The lowest BCUT2D eigenvalue weighted by atomic mass is 10.2. The summed E-state index contributed by atoms with van der Waals surface area (Å²) in [5.41, 5.74) is -2.23. The van der Waals surface area contributed by atoms with E-state index >= 15 is 0 Å². The number of rotatable bonds is 3. The van der Waals surface area contributed by atoms with Crippen LogP contribution in [0.2, 0.25) is 0 Å². The van der Waals surface area contributed by atoms with Gasteiger partial charge in [0.1, 0.15) is 0 Å². The molecule has 18 heavy (non-hydrogen) atoms. The van der Waals surface area contributed by atoms with E-state index in [1.54, 1.807) is 6.07 Å². The number of benzene rings is 1. The molecule has 0 aliphatic carbocycles. The third-order valence-corrected chi connectivity index (χ3v) is 3.95. The van der Waals surface area contributed by atoms with Crippen molar-refractivity contribution >= 4 is 10.1 Å². The molecule has 0 bridgehead atoms. The highest BCUT2D eigenvalue weighted by molar-refractivity contribution is 7.86. The van der Waals surface area contributed by atoms with Crippen LogP contribution in [-0.2, 0) is 14.4 Å². The molecule has 2 atom stereocenters. The van der Waals surface area contributed by atoms with Crippen molar-refractivity contribution in [3.05, 3.63) is 30.3 Å². The van der Waals surface area contributed by atoms with Crippen molar-refractivity contribution in [2.75, 3.05) is 6.54 Å². The molecule has 0 saturated carbocycles. The van der Waals surface area contributed by atoms with Gasteiger partial charge >= 0.3 is 16.3 Å². The van der Waals surface area contributed by atoms with E-state index < -0.39 is 28.4 Å². The van der Waals surface area contributed by atoms with Gasteiger partial charge in [0.25, 0.3) is 0 Å². The second-order valence-corrected chi connectivity index (χ2v) is 5.68. The first-order valence-electron chi connectivity index (χ1n) is 5.01. The summed E-state index contributed by atoms with van der Waals surface area (Å²) in [7, 11) is -4.20. The fourth-order valence-electron chi connectivity index (χ4n) is 1.33. The zero-order valence-electron chi connectivity index (χ0n) is 9.31. The summed E-state index contributed by atoms with van der Waals surface area (Å²) in [5.74, 6) is 0. The van der Waals surface area contributed by atoms with Crippen LogP contribution in [0.15, 0.2) is 35.2 Å². The first-order chi connectivity index (χ1) is 8.17. The number of hydrogen-bond acceptors (Lipinski definition) is 4. The molecule has 0 spiro atoms. The fourth-order valence-corrected chi connectivity index (χ4v) is 2.36. The van der Waals surface area contributed by atoms with Gasteiger partial charge in [-0.1, -0.05) is 18.2 Å². The van der Waals surface area contributed by atoms with Gasteiger partial charge in [-0.15, -0.1) is 0 Å². The largest absolute Gasteiger partial charge is 0.410 e. The smallest absolute Gasteiger partial charge is 0.192 e. The highest BCUT2D eigenvalue weighted by atomic mass is 32.2. The monoisotopic (exact) mass is 281 g/mol. The first-order valence-corrected chi connectivity index (χ1v) is 6.42. The van der Waals surface area contributed by atoms with Gasteiger partial charge in [0.2, 0.25) is 0 Å². The van der Waals surface area contributed by atoms with Gasteiger partial charge in [0.05, 0.1) is 11.4 Å². The van der Waals surface area contributed by atoms with E-state index in [-0.39, 0.29) is 4.90 Å². The van der Waals surface area contributed by atoms with E-state index in [0.29, 0.717) is 5.06 Å². The summed E-state index contributed by atoms with van der Waals surface area (Å²) in [6.07, 6.45) is -4.53. The fraction of sp³-hybridized carbons (Fsp3) is 0.400. The predicted molar refractivity (Wildman–Crippen MR) is 55.9 cm³/mol. The maximum absolute atomic E-state index is 12.5. The van der Waals surface area contributed by atoms with Crippen LogP contribution in [-0.4, -0.2) is 31.7 Å². The van der Waals surface area contributed by atoms with Crippen LogP contribution in [0.4, 0.5) is 13.2 Å². The zero-order chi connectivity index (χ0) is 13.6. The third-order valence-electron chi connectivity index (χ3n) is 2.73. The first kappa shape index (κ1) is 13.3. The molecule has 0 aromatic heterocycles. The van der Waals surface area contributed by atoms with Crippen LogP contribution >= 0.6 is 0 Å². The standard InChI is InChI=1S/C10H10F3NO3S/c1-9(10(11,12)13)7-14(9)17-18(15,16)8-5-3-2-4-6-8/h2-6H,7H2,1H3. The third kappa shape index (κ3) is 2.23. The highest BCUT2D eigenvalue weighted by Gasteiger charge is 2.69. The molecule has 2 rings (SSSR count). The number of nitrogens with zero attached hydrogens (tertiary/aromatic N) is 1. The topological polar surface area (TPSA) is 46.4 Å². The van der Waals surface area contributed by atoms with Crippen LogP contribution < -0.4 is 0 Å². The Hall–Kier alpha value is -1.12. The molecule has 0 radical (unpaired) electrons. The van der Waals surface area contributed by atoms with Gasteiger partial charge in [-0.25, -0.2) is 0 Å². The summed E-state index contributed by atoms with van der Waals surface area (Å²) < 4.78 is 65.4. The molecule has 1 aliphatic heterocycles. The second-order valence-electron chi connectivity index (χ2n) is 4.15. The van der Waals surface area contributed by atoms with Crippen molar-refractivity contribution in [1.82, 2.24) is 5.06 Å². The predicted octanol–water partition coefficient (Wildman–Crippen LogP) is 1.94. The van der Waals surface area contributed by atoms with Gasteiger partial charge in [-0.05, 0) is 19.1 Å². The Morgan fingerprint density at radius 3 is 2.28 bits per heavy atom. The van der Waals surface area contributed by atoms with E-state index in [2.05, 4.69) is 4.28 Å². The Kier molecular flexibility index (Phi) is 2.91. The summed E-state index contributed by atoms with van der Waals surface area (Å²) in [6, 6.07) is 7.02. The van der Waals surface area contributed by atoms with E-state index in [1.165, 1.54) is 24.3 Å². The van der Waals surface area contributed by atoms with Crippen molar-refractivity contribution in [1.29, 1.82) is 0 Å². The molecule has 0 amide bonds. The van der Waals surface area contributed by atoms with Gasteiger partial charge in [0, 0.05) is 0 Å². The summed E-state index contributed by atoms with van der Waals surface area (Å²) >= 11 is 0. The molecular weight excluding hydrogens is 271 g/mol. The van der Waals surface area contributed by atoms with Crippen molar-refractivity contribution < 1.29 is 25.9 Å². The summed E-state index contributed by atoms with van der Waals surface area (Å²) in [4.78, 5) is -0.179. The molecule has 100 valence electrons. The number of hydroxylamine groups is 2. The minimum atomic E-state index is -4.53. The Morgan fingerprint density at radius 1 is 1.28 bits per heavy atom. The van der Waals surface area contributed by atoms with Crippen LogP contribution in [0.25, 0.3) is 0 Å². The van der Waals surface area contributed by atoms with Crippen molar-refractivity contribution in [2.24, 2.45) is 0 Å². The number of hydrogen-bond donors (Lipinski definition) is 0. The molecule has 1 aromatic rings. The average Bonchev–Trinajstić information content (AvgIpc) is 2.90. The summed E-state index contributed by atoms with van der Waals surface area (Å²) in [5, 5.41) is 0.412. The minimum absolute atomic E-state index is 0.179. The van der Waals surface area contributed by atoms with Gasteiger partial charge in [0.15, 0.2) is 5.54 Å². The van der Waals surface area contributed by atoms with Crippen molar-refractivity contribution in [2.45, 2.75) is 23.5 Å². The van der Waals surface area contributed by atoms with Crippen LogP contribution in [0, 0.1) is 0 Å². The average molecular weight is 281 g/mol. The van der Waals surface area contributed by atoms with E-state index in [4.69, 9.17) is 0 Å². The van der Waals surface area contributed by atoms with Crippen LogP contribution in [0.5, 0.6) is 0 Å². The molecule has 4 nitrogen and oxygen atoms in total. The molecule has 1 aromatic carbocycles. The Balaban J connectivity index is 2.14. The normalized spacial score (nSPS) is 28.1. The maximum atomic E-state index is 12.5. The van der Waals surface area contributed by atoms with E-state index in [0.717, 1.165) is 6.92 Å². The van der Waals surface area contributed by atoms with Crippen molar-refractivity contribution in [3.8, 4) is 0 Å². The van der Waals surface area contributed by atoms with Crippen LogP contribution in [0.3, 0.4) is 0 Å². The molecule has 8 heteroatoms. The second kappa shape index (κ2) is 3.94. The van der Waals surface area contributed by atoms with Gasteiger partial charge < -0.3 is 0 Å². The maximum Gasteiger partial charge on any atom is 0.410 e. The zero-order valence-corrected chi connectivity index (χ0v) is 10.1. The Labute approximate surface area is 102 Å². The van der Waals surface area contributed by atoms with E-state index in [9.17, 15) is 21.6 Å². The van der Waals surface area contributed by atoms with Gasteiger partial charge in [-0.3, -0.25) is 0 Å². The lowest BCUT2D eigenvalue weighted by Gasteiger charge is -2.15. The molecule has 1 saturated heterocycles. The molecule has 1 aliphatic rings. The quantitative estimate of drug-likeness (QED) is 0.794. The molecule has 1 fully saturated rings. The lowest BCUT2D eigenvalue weighted by Crippen LogP contribution is -2.34. The van der Waals surface area contributed by atoms with Crippen molar-refractivity contribution in [3.63, 3.8) is 0 Å². The lowest BCUT2D eigenvalue weighted by molar-refractivity contribution is -0.186. The molecule has 0 N–H and O–H groups in total. The Bertz CT molecular complexity index is 543. The number of halogens is 3.